The van der Waals surface area contributed by atoms with E-state index in [2.05, 4.69) is 23.9 Å². The summed E-state index contributed by atoms with van der Waals surface area (Å²) in [6.07, 6.45) is 5.58. The Morgan fingerprint density at radius 3 is 2.88 bits per heavy atom. The predicted molar refractivity (Wildman–Crippen MR) is 69.3 cm³/mol. The van der Waals surface area contributed by atoms with E-state index in [0.717, 1.165) is 24.8 Å². The average molecular weight is 234 g/mol. The molecule has 0 aliphatic carbocycles. The first kappa shape index (κ1) is 12.4. The van der Waals surface area contributed by atoms with Gasteiger partial charge in [-0.05, 0) is 63.9 Å². The molecule has 3 nitrogen and oxygen atoms in total. The van der Waals surface area contributed by atoms with Crippen molar-refractivity contribution in [3.05, 3.63) is 23.9 Å². The van der Waals surface area contributed by atoms with Crippen LogP contribution in [0.4, 0.5) is 0 Å². The fraction of sp³-hybridized carbons (Fsp3) is 0.643. The number of rotatable bonds is 4. The molecule has 17 heavy (non-hydrogen) atoms. The van der Waals surface area contributed by atoms with Crippen molar-refractivity contribution in [2.24, 2.45) is 5.92 Å². The largest absolute Gasteiger partial charge is 0.478 e. The van der Waals surface area contributed by atoms with Crippen LogP contribution >= 0.6 is 0 Å². The van der Waals surface area contributed by atoms with Gasteiger partial charge in [-0.3, -0.25) is 0 Å². The zero-order valence-electron chi connectivity index (χ0n) is 10.9. The van der Waals surface area contributed by atoms with Gasteiger partial charge in [0.1, 0.15) is 0 Å². The second-order valence-corrected chi connectivity index (χ2v) is 5.06. The number of ether oxygens (including phenoxy) is 1. The van der Waals surface area contributed by atoms with Crippen molar-refractivity contribution < 1.29 is 4.74 Å². The number of aromatic nitrogens is 1. The minimum absolute atomic E-state index is 0.762. The van der Waals surface area contributed by atoms with Crippen LogP contribution in [0, 0.1) is 12.8 Å². The maximum absolute atomic E-state index is 5.69. The second-order valence-electron chi connectivity index (χ2n) is 5.06. The Bertz CT molecular complexity index is 346. The van der Waals surface area contributed by atoms with Gasteiger partial charge in [0.25, 0.3) is 0 Å². The average Bonchev–Trinajstić information content (AvgIpc) is 2.32. The highest BCUT2D eigenvalue weighted by atomic mass is 16.5. The van der Waals surface area contributed by atoms with Crippen LogP contribution in [0.5, 0.6) is 5.88 Å². The minimum atomic E-state index is 0.762. The molecule has 0 unspecified atom stereocenters. The molecule has 0 radical (unpaired) electrons. The van der Waals surface area contributed by atoms with Gasteiger partial charge >= 0.3 is 0 Å². The van der Waals surface area contributed by atoms with Crippen molar-refractivity contribution in [1.29, 1.82) is 0 Å². The van der Waals surface area contributed by atoms with Gasteiger partial charge in [-0.1, -0.05) is 0 Å². The SMILES string of the molecule is Cc1ccnc(OCCC2CCN(C)CC2)c1. The van der Waals surface area contributed by atoms with Gasteiger partial charge in [-0.25, -0.2) is 4.98 Å². The maximum atomic E-state index is 5.69. The lowest BCUT2D eigenvalue weighted by atomic mass is 9.94. The maximum Gasteiger partial charge on any atom is 0.213 e. The number of hydrogen-bond acceptors (Lipinski definition) is 3. The summed E-state index contributed by atoms with van der Waals surface area (Å²) in [5, 5.41) is 0. The molecule has 1 aliphatic rings. The summed E-state index contributed by atoms with van der Waals surface area (Å²) in [7, 11) is 2.20. The van der Waals surface area contributed by atoms with E-state index in [1.165, 1.54) is 31.5 Å². The van der Waals surface area contributed by atoms with Gasteiger partial charge < -0.3 is 9.64 Å². The molecule has 0 spiro atoms. The normalized spacial score (nSPS) is 18.2. The molecule has 1 aromatic heterocycles. The highest BCUT2D eigenvalue weighted by Crippen LogP contribution is 2.19. The topological polar surface area (TPSA) is 25.4 Å². The Kier molecular flexibility index (Phi) is 4.37. The molecule has 1 fully saturated rings. The van der Waals surface area contributed by atoms with E-state index in [1.807, 2.05) is 12.1 Å². The molecular formula is C14H22N2O. The van der Waals surface area contributed by atoms with Gasteiger partial charge in [0, 0.05) is 12.3 Å². The Balaban J connectivity index is 1.69. The quantitative estimate of drug-likeness (QED) is 0.800. The summed E-state index contributed by atoms with van der Waals surface area (Å²) < 4.78 is 5.69. The van der Waals surface area contributed by atoms with Crippen LogP contribution in [-0.2, 0) is 0 Å². The molecule has 0 aromatic carbocycles. The van der Waals surface area contributed by atoms with Gasteiger partial charge in [-0.2, -0.15) is 0 Å². The standard InChI is InChI=1S/C14H22N2O/c1-12-3-7-15-14(11-12)17-10-6-13-4-8-16(2)9-5-13/h3,7,11,13H,4-6,8-10H2,1-2H3. The molecule has 1 aromatic rings. The van der Waals surface area contributed by atoms with Gasteiger partial charge in [0.15, 0.2) is 0 Å². The summed E-state index contributed by atoms with van der Waals surface area (Å²) >= 11 is 0. The Morgan fingerprint density at radius 2 is 2.18 bits per heavy atom. The van der Waals surface area contributed by atoms with E-state index in [-0.39, 0.29) is 0 Å². The number of aryl methyl sites for hydroxylation is 1. The van der Waals surface area contributed by atoms with E-state index in [0.29, 0.717) is 0 Å². The number of pyridine rings is 1. The molecule has 1 saturated heterocycles. The van der Waals surface area contributed by atoms with Crippen molar-refractivity contribution in [3.8, 4) is 5.88 Å². The van der Waals surface area contributed by atoms with Gasteiger partial charge in [-0.15, -0.1) is 0 Å². The Labute approximate surface area is 104 Å². The monoisotopic (exact) mass is 234 g/mol. The summed E-state index contributed by atoms with van der Waals surface area (Å²) in [6, 6.07) is 3.98. The van der Waals surface area contributed by atoms with Crippen molar-refractivity contribution in [1.82, 2.24) is 9.88 Å². The molecule has 2 rings (SSSR count). The third kappa shape index (κ3) is 4.00. The molecule has 0 atom stereocenters. The van der Waals surface area contributed by atoms with Crippen LogP contribution in [0.2, 0.25) is 0 Å². The van der Waals surface area contributed by atoms with Crippen LogP contribution in [0.15, 0.2) is 18.3 Å². The molecule has 94 valence electrons. The highest BCUT2D eigenvalue weighted by molar-refractivity contribution is 5.18. The summed E-state index contributed by atoms with van der Waals surface area (Å²) in [5.74, 6) is 1.59. The fourth-order valence-corrected chi connectivity index (χ4v) is 2.27. The third-order valence-electron chi connectivity index (χ3n) is 3.50. The van der Waals surface area contributed by atoms with E-state index < -0.39 is 0 Å². The summed E-state index contributed by atoms with van der Waals surface area (Å²) in [6.45, 7) is 5.32. The summed E-state index contributed by atoms with van der Waals surface area (Å²) in [4.78, 5) is 6.61. The molecule has 1 aliphatic heterocycles. The summed E-state index contributed by atoms with van der Waals surface area (Å²) in [5.41, 5.74) is 1.20. The number of likely N-dealkylation sites (tertiary alicyclic amines) is 1. The van der Waals surface area contributed by atoms with Crippen LogP contribution < -0.4 is 4.74 Å². The van der Waals surface area contributed by atoms with Crippen molar-refractivity contribution in [3.63, 3.8) is 0 Å². The lowest BCUT2D eigenvalue weighted by Crippen LogP contribution is -2.30. The zero-order chi connectivity index (χ0) is 12.1. The fourth-order valence-electron chi connectivity index (χ4n) is 2.27. The van der Waals surface area contributed by atoms with Crippen molar-refractivity contribution >= 4 is 0 Å². The number of hydrogen-bond donors (Lipinski definition) is 0. The lowest BCUT2D eigenvalue weighted by Gasteiger charge is -2.28. The van der Waals surface area contributed by atoms with Gasteiger partial charge in [0.05, 0.1) is 6.61 Å². The Morgan fingerprint density at radius 1 is 1.41 bits per heavy atom. The van der Waals surface area contributed by atoms with E-state index >= 15 is 0 Å². The smallest absolute Gasteiger partial charge is 0.213 e. The minimum Gasteiger partial charge on any atom is -0.478 e. The van der Waals surface area contributed by atoms with E-state index in [4.69, 9.17) is 4.74 Å². The zero-order valence-corrected chi connectivity index (χ0v) is 10.9. The van der Waals surface area contributed by atoms with Crippen LogP contribution in [-0.4, -0.2) is 36.6 Å². The van der Waals surface area contributed by atoms with E-state index in [1.54, 1.807) is 6.20 Å². The Hall–Kier alpha value is -1.09. The van der Waals surface area contributed by atoms with Gasteiger partial charge in [0.2, 0.25) is 5.88 Å². The first-order valence-corrected chi connectivity index (χ1v) is 6.48. The van der Waals surface area contributed by atoms with Crippen molar-refractivity contribution in [2.45, 2.75) is 26.2 Å². The van der Waals surface area contributed by atoms with E-state index in [9.17, 15) is 0 Å². The first-order chi connectivity index (χ1) is 8.24. The molecular weight excluding hydrogens is 212 g/mol. The predicted octanol–water partition coefficient (Wildman–Crippen LogP) is 2.50. The number of nitrogens with zero attached hydrogens (tertiary/aromatic N) is 2. The second kappa shape index (κ2) is 6.01. The molecule has 0 bridgehead atoms. The molecule has 0 N–H and O–H groups in total. The van der Waals surface area contributed by atoms with Crippen LogP contribution in [0.1, 0.15) is 24.8 Å². The highest BCUT2D eigenvalue weighted by Gasteiger charge is 2.16. The molecule has 0 saturated carbocycles. The lowest BCUT2D eigenvalue weighted by molar-refractivity contribution is 0.185. The van der Waals surface area contributed by atoms with Crippen LogP contribution in [0.25, 0.3) is 0 Å². The number of piperidine rings is 1. The first-order valence-electron chi connectivity index (χ1n) is 6.48. The molecule has 2 heterocycles. The molecule has 3 heteroatoms. The van der Waals surface area contributed by atoms with Crippen molar-refractivity contribution in [2.75, 3.05) is 26.7 Å². The third-order valence-corrected chi connectivity index (χ3v) is 3.50. The molecule has 0 amide bonds. The van der Waals surface area contributed by atoms with Crippen LogP contribution in [0.3, 0.4) is 0 Å².